The molecule has 0 spiro atoms. The molecular weight excluding hydrogens is 390 g/mol. The molecule has 1 saturated heterocycles. The van der Waals surface area contributed by atoms with E-state index in [0.29, 0.717) is 25.6 Å². The summed E-state index contributed by atoms with van der Waals surface area (Å²) in [7, 11) is 1.21. The summed E-state index contributed by atoms with van der Waals surface area (Å²) in [4.78, 5) is 25.3. The molecular formula is C19H24F2N2O6. The van der Waals surface area contributed by atoms with Crippen molar-refractivity contribution in [3.8, 4) is 11.5 Å². The Balaban J connectivity index is 1.85. The van der Waals surface area contributed by atoms with E-state index in [1.165, 1.54) is 18.4 Å². The van der Waals surface area contributed by atoms with E-state index in [1.54, 1.807) is 0 Å². The van der Waals surface area contributed by atoms with Crippen LogP contribution >= 0.6 is 0 Å². The molecule has 3 rings (SSSR count). The number of carbonyl (C=O) groups is 1. The van der Waals surface area contributed by atoms with Gasteiger partial charge in [-0.2, -0.15) is 8.78 Å². The van der Waals surface area contributed by atoms with Gasteiger partial charge in [0.25, 0.3) is 11.6 Å². The van der Waals surface area contributed by atoms with E-state index in [4.69, 9.17) is 9.47 Å². The predicted octanol–water partition coefficient (Wildman–Crippen LogP) is 3.63. The second-order valence-corrected chi connectivity index (χ2v) is 7.21. The molecule has 0 unspecified atom stereocenters. The average Bonchev–Trinajstić information content (AvgIpc) is 2.73. The molecule has 2 fully saturated rings. The van der Waals surface area contributed by atoms with Gasteiger partial charge in [0.15, 0.2) is 11.5 Å². The third kappa shape index (κ3) is 4.92. The number of alkyl halides is 2. The number of hydrogen-bond donors (Lipinski definition) is 0. The average molecular weight is 414 g/mol. The Kier molecular flexibility index (Phi) is 6.83. The minimum atomic E-state index is -3.18. The third-order valence-corrected chi connectivity index (χ3v) is 5.48. The Labute approximate surface area is 166 Å². The first-order valence-corrected chi connectivity index (χ1v) is 9.62. The Morgan fingerprint density at radius 1 is 1.28 bits per heavy atom. The van der Waals surface area contributed by atoms with Crippen molar-refractivity contribution < 1.29 is 32.7 Å². The minimum absolute atomic E-state index is 0.101. The van der Waals surface area contributed by atoms with Gasteiger partial charge < -0.3 is 19.1 Å². The smallest absolute Gasteiger partial charge is 0.387 e. The zero-order valence-electron chi connectivity index (χ0n) is 16.1. The highest BCUT2D eigenvalue weighted by atomic mass is 19.3. The SMILES string of the molecule is COc1cc(C(=O)N2CCO[C@H](C3CCCCC3)C2)c([N+](=O)[O-])cc1OC(F)F. The van der Waals surface area contributed by atoms with Crippen LogP contribution in [0, 0.1) is 16.0 Å². The number of carbonyl (C=O) groups excluding carboxylic acids is 1. The van der Waals surface area contributed by atoms with Crippen molar-refractivity contribution in [2.24, 2.45) is 5.92 Å². The number of methoxy groups -OCH3 is 1. The number of amides is 1. The number of nitro benzene ring substituents is 1. The Morgan fingerprint density at radius 3 is 2.62 bits per heavy atom. The maximum Gasteiger partial charge on any atom is 0.387 e. The number of nitro groups is 1. The summed E-state index contributed by atoms with van der Waals surface area (Å²) in [6, 6.07) is 1.89. The summed E-state index contributed by atoms with van der Waals surface area (Å²) in [5.41, 5.74) is -0.829. The topological polar surface area (TPSA) is 91.1 Å². The van der Waals surface area contributed by atoms with Gasteiger partial charge in [-0.3, -0.25) is 14.9 Å². The number of halogens is 2. The van der Waals surface area contributed by atoms with Crippen LogP contribution in [0.15, 0.2) is 12.1 Å². The molecule has 1 heterocycles. The third-order valence-electron chi connectivity index (χ3n) is 5.48. The molecule has 1 saturated carbocycles. The second kappa shape index (κ2) is 9.34. The van der Waals surface area contributed by atoms with Crippen molar-refractivity contribution in [2.45, 2.75) is 44.8 Å². The van der Waals surface area contributed by atoms with Crippen molar-refractivity contribution in [2.75, 3.05) is 26.8 Å². The van der Waals surface area contributed by atoms with Crippen LogP contribution in [-0.2, 0) is 4.74 Å². The van der Waals surface area contributed by atoms with Crippen molar-refractivity contribution in [3.05, 3.63) is 27.8 Å². The highest BCUT2D eigenvalue weighted by molar-refractivity contribution is 5.99. The Morgan fingerprint density at radius 2 is 2.00 bits per heavy atom. The molecule has 160 valence electrons. The van der Waals surface area contributed by atoms with Gasteiger partial charge in [0.1, 0.15) is 5.56 Å². The van der Waals surface area contributed by atoms with E-state index in [2.05, 4.69) is 4.74 Å². The van der Waals surface area contributed by atoms with Gasteiger partial charge in [0.2, 0.25) is 0 Å². The first kappa shape index (κ1) is 21.2. The van der Waals surface area contributed by atoms with Crippen LogP contribution in [0.25, 0.3) is 0 Å². The van der Waals surface area contributed by atoms with E-state index >= 15 is 0 Å². The first-order valence-electron chi connectivity index (χ1n) is 9.62. The molecule has 1 aliphatic heterocycles. The lowest BCUT2D eigenvalue weighted by atomic mass is 9.84. The molecule has 0 bridgehead atoms. The van der Waals surface area contributed by atoms with E-state index in [-0.39, 0.29) is 17.4 Å². The summed E-state index contributed by atoms with van der Waals surface area (Å²) in [5, 5.41) is 11.5. The van der Waals surface area contributed by atoms with Gasteiger partial charge in [-0.25, -0.2) is 0 Å². The number of nitrogens with zero attached hydrogens (tertiary/aromatic N) is 2. The summed E-state index contributed by atoms with van der Waals surface area (Å²) >= 11 is 0. The summed E-state index contributed by atoms with van der Waals surface area (Å²) in [5.74, 6) is -0.849. The molecule has 29 heavy (non-hydrogen) atoms. The van der Waals surface area contributed by atoms with Crippen molar-refractivity contribution in [3.63, 3.8) is 0 Å². The molecule has 0 N–H and O–H groups in total. The lowest BCUT2D eigenvalue weighted by Gasteiger charge is -2.38. The van der Waals surface area contributed by atoms with Crippen LogP contribution in [-0.4, -0.2) is 55.3 Å². The van der Waals surface area contributed by atoms with Crippen molar-refractivity contribution >= 4 is 11.6 Å². The molecule has 1 amide bonds. The molecule has 1 aromatic rings. The number of ether oxygens (including phenoxy) is 3. The molecule has 0 aromatic heterocycles. The molecule has 0 radical (unpaired) electrons. The molecule has 8 nitrogen and oxygen atoms in total. The standard InChI is InChI=1S/C19H24F2N2O6/c1-27-15-9-13(14(23(25)26)10-16(15)29-19(20)21)18(24)22-7-8-28-17(11-22)12-5-3-2-4-6-12/h9-10,12,17,19H,2-8,11H2,1H3/t17-/m0/s1. The van der Waals surface area contributed by atoms with E-state index in [1.807, 2.05) is 0 Å². The molecule has 1 aromatic carbocycles. The predicted molar refractivity (Wildman–Crippen MR) is 98.5 cm³/mol. The van der Waals surface area contributed by atoms with Crippen molar-refractivity contribution in [1.82, 2.24) is 4.90 Å². The van der Waals surface area contributed by atoms with Crippen LogP contribution in [0.1, 0.15) is 42.5 Å². The molecule has 2 aliphatic rings. The normalized spacial score (nSPS) is 20.6. The Hall–Kier alpha value is -2.49. The molecule has 1 atom stereocenters. The van der Waals surface area contributed by atoms with E-state index in [0.717, 1.165) is 37.8 Å². The maximum atomic E-state index is 13.1. The number of benzene rings is 1. The number of hydrogen-bond acceptors (Lipinski definition) is 6. The van der Waals surface area contributed by atoms with Crippen LogP contribution in [0.5, 0.6) is 11.5 Å². The zero-order chi connectivity index (χ0) is 21.0. The summed E-state index contributed by atoms with van der Waals surface area (Å²) in [6.45, 7) is -2.18. The van der Waals surface area contributed by atoms with Gasteiger partial charge in [0.05, 0.1) is 30.8 Å². The van der Waals surface area contributed by atoms with Gasteiger partial charge in [0, 0.05) is 19.2 Å². The highest BCUT2D eigenvalue weighted by Crippen LogP contribution is 2.37. The fourth-order valence-corrected chi connectivity index (χ4v) is 4.04. The highest BCUT2D eigenvalue weighted by Gasteiger charge is 2.34. The minimum Gasteiger partial charge on any atom is -0.493 e. The molecule has 10 heteroatoms. The lowest BCUT2D eigenvalue weighted by molar-refractivity contribution is -0.385. The summed E-state index contributed by atoms with van der Waals surface area (Å²) in [6.07, 6.45) is 5.45. The fourth-order valence-electron chi connectivity index (χ4n) is 4.04. The quantitative estimate of drug-likeness (QED) is 0.522. The van der Waals surface area contributed by atoms with Gasteiger partial charge in [-0.05, 0) is 18.8 Å². The zero-order valence-corrected chi connectivity index (χ0v) is 16.1. The van der Waals surface area contributed by atoms with Crippen LogP contribution in [0.4, 0.5) is 14.5 Å². The van der Waals surface area contributed by atoms with Crippen LogP contribution in [0.3, 0.4) is 0 Å². The fraction of sp³-hybridized carbons (Fsp3) is 0.632. The lowest BCUT2D eigenvalue weighted by Crippen LogP contribution is -2.48. The molecule has 1 aliphatic carbocycles. The number of rotatable bonds is 6. The van der Waals surface area contributed by atoms with Crippen molar-refractivity contribution in [1.29, 1.82) is 0 Å². The van der Waals surface area contributed by atoms with E-state index in [9.17, 15) is 23.7 Å². The Bertz CT molecular complexity index is 754. The second-order valence-electron chi connectivity index (χ2n) is 7.21. The van der Waals surface area contributed by atoms with Crippen LogP contribution < -0.4 is 9.47 Å². The van der Waals surface area contributed by atoms with Crippen LogP contribution in [0.2, 0.25) is 0 Å². The van der Waals surface area contributed by atoms with Gasteiger partial charge in [-0.1, -0.05) is 19.3 Å². The van der Waals surface area contributed by atoms with Gasteiger partial charge >= 0.3 is 6.61 Å². The maximum absolute atomic E-state index is 13.1. The first-order chi connectivity index (χ1) is 13.9. The monoisotopic (exact) mass is 414 g/mol. The van der Waals surface area contributed by atoms with E-state index < -0.39 is 28.9 Å². The largest absolute Gasteiger partial charge is 0.493 e. The van der Waals surface area contributed by atoms with Gasteiger partial charge in [-0.15, -0.1) is 0 Å². The summed E-state index contributed by atoms with van der Waals surface area (Å²) < 4.78 is 40.4. The number of morpholine rings is 1.